The first-order valence-electron chi connectivity index (χ1n) is 34.8. The zero-order chi connectivity index (χ0) is 79.9. The minimum Gasteiger partial charge on any atom is -0.493 e. The van der Waals surface area contributed by atoms with Crippen molar-refractivity contribution >= 4 is 69.4 Å². The van der Waals surface area contributed by atoms with Crippen LogP contribution in [-0.2, 0) is 47.1 Å². The van der Waals surface area contributed by atoms with E-state index >= 15 is 0 Å². The van der Waals surface area contributed by atoms with Crippen LogP contribution in [0.5, 0.6) is 23.5 Å². The van der Waals surface area contributed by atoms with Gasteiger partial charge >= 0.3 is 23.9 Å². The summed E-state index contributed by atoms with van der Waals surface area (Å²) in [4.78, 5) is 102. The van der Waals surface area contributed by atoms with Gasteiger partial charge in [-0.2, -0.15) is 21.0 Å². The second kappa shape index (κ2) is 38.4. The summed E-state index contributed by atoms with van der Waals surface area (Å²) in [5.74, 6) is -4.10. The molecule has 0 unspecified atom stereocenters. The molecule has 9 rings (SSSR count). The molecule has 4 N–H and O–H groups in total. The van der Waals surface area contributed by atoms with Gasteiger partial charge in [-0.1, -0.05) is 87.1 Å². The van der Waals surface area contributed by atoms with Crippen LogP contribution in [0.25, 0.3) is 0 Å². The smallest absolute Gasteiger partial charge is 0.340 e. The topological polar surface area (TPSA) is 468 Å². The van der Waals surface area contributed by atoms with Crippen molar-refractivity contribution in [1.82, 2.24) is 18.3 Å². The Balaban J connectivity index is 0.000000277. The SMILES string of the molecule is Cc1c(C#N)c(O)n(C)c(=O)c1N=Nc1ccccc1C(=O)OCC1CCC(COC(=O)c2ccccc2N=Nc2c(C)c(C#N)c(O)n(C)c2=O)CC1.Cc1c(C#N)c(O)n(C)c(=O)c1N=Nc1ccccc1C(=O)OCCCCCCCCCCOC(=O)c1ccccc1N=Nc1c(C)c(C#N)c(O)n(C)c1=O. The number of unbranched alkanes of at least 4 members (excludes halogenated alkanes) is 7. The monoisotopic (exact) mass is 1490 g/mol. The molecule has 1 aliphatic carbocycles. The predicted octanol–water partition coefficient (Wildman–Crippen LogP) is 14.3. The average molecular weight is 1500 g/mol. The Labute approximate surface area is 629 Å². The zero-order valence-corrected chi connectivity index (χ0v) is 61.5. The van der Waals surface area contributed by atoms with Crippen LogP contribution < -0.4 is 22.2 Å². The molecule has 0 atom stereocenters. The van der Waals surface area contributed by atoms with Crippen LogP contribution in [0, 0.1) is 84.9 Å². The van der Waals surface area contributed by atoms with Gasteiger partial charge in [-0.15, -0.1) is 40.9 Å². The molecule has 4 heterocycles. The van der Waals surface area contributed by atoms with Gasteiger partial charge in [-0.3, -0.25) is 37.4 Å². The van der Waals surface area contributed by atoms with Crippen LogP contribution in [0.1, 0.15) is 163 Å². The molecule has 566 valence electrons. The third-order valence-electron chi connectivity index (χ3n) is 18.5. The van der Waals surface area contributed by atoms with E-state index in [9.17, 15) is 79.8 Å². The molecular formula is C78H78N16O16. The molecule has 1 saturated carbocycles. The van der Waals surface area contributed by atoms with E-state index in [4.69, 9.17) is 18.9 Å². The molecular weight excluding hydrogens is 1420 g/mol. The summed E-state index contributed by atoms with van der Waals surface area (Å²) in [6.45, 7) is 6.69. The normalized spacial score (nSPS) is 13.3. The highest BCUT2D eigenvalue weighted by molar-refractivity contribution is 5.96. The van der Waals surface area contributed by atoms with Crippen molar-refractivity contribution in [2.24, 2.45) is 80.9 Å². The number of ether oxygens (including phenoxy) is 4. The number of esters is 4. The summed E-state index contributed by atoms with van der Waals surface area (Å²) in [6.07, 6.45) is 9.95. The number of benzene rings is 4. The number of hydrogen-bond acceptors (Lipinski definition) is 28. The van der Waals surface area contributed by atoms with Gasteiger partial charge in [-0.05, 0) is 127 Å². The number of rotatable bonds is 27. The fourth-order valence-corrected chi connectivity index (χ4v) is 11.7. The number of hydrogen-bond donors (Lipinski definition) is 4. The predicted molar refractivity (Wildman–Crippen MR) is 397 cm³/mol. The highest BCUT2D eigenvalue weighted by Gasteiger charge is 2.27. The number of aromatic nitrogens is 4. The molecule has 0 bridgehead atoms. The summed E-state index contributed by atoms with van der Waals surface area (Å²) in [5.41, 5.74) is -1.49. The van der Waals surface area contributed by atoms with E-state index in [2.05, 4.69) is 40.9 Å². The van der Waals surface area contributed by atoms with Crippen molar-refractivity contribution in [2.45, 2.75) is 105 Å². The van der Waals surface area contributed by atoms with Crippen molar-refractivity contribution in [3.8, 4) is 47.8 Å². The lowest BCUT2D eigenvalue weighted by Gasteiger charge is -2.27. The van der Waals surface area contributed by atoms with Crippen LogP contribution in [0.15, 0.2) is 157 Å². The highest BCUT2D eigenvalue weighted by Crippen LogP contribution is 2.35. The molecule has 0 saturated heterocycles. The first-order chi connectivity index (χ1) is 52.8. The largest absolute Gasteiger partial charge is 0.493 e. The highest BCUT2D eigenvalue weighted by atomic mass is 16.5. The molecule has 1 aliphatic rings. The Morgan fingerprint density at radius 3 is 0.791 bits per heavy atom. The molecule has 110 heavy (non-hydrogen) atoms. The van der Waals surface area contributed by atoms with Gasteiger partial charge in [0.05, 0.1) is 48.7 Å². The lowest BCUT2D eigenvalue weighted by molar-refractivity contribution is 0.0298. The second-order valence-electron chi connectivity index (χ2n) is 25.6. The summed E-state index contributed by atoms with van der Waals surface area (Å²) >= 11 is 0. The molecule has 8 aromatic rings. The van der Waals surface area contributed by atoms with Gasteiger partial charge in [0.25, 0.3) is 22.2 Å². The molecule has 4 aromatic carbocycles. The summed E-state index contributed by atoms with van der Waals surface area (Å²) < 4.78 is 25.8. The molecule has 0 amide bonds. The fraction of sp³-hybridized carbons (Fsp3) is 0.333. The van der Waals surface area contributed by atoms with Crippen molar-refractivity contribution < 1.29 is 58.6 Å². The maximum Gasteiger partial charge on any atom is 0.340 e. The van der Waals surface area contributed by atoms with E-state index < -0.39 is 69.6 Å². The molecule has 0 aliphatic heterocycles. The number of carbonyl (C=O) groups is 4. The van der Waals surface area contributed by atoms with Gasteiger partial charge in [0, 0.05) is 50.4 Å². The van der Waals surface area contributed by atoms with Gasteiger partial charge in [0.15, 0.2) is 22.7 Å². The second-order valence-corrected chi connectivity index (χ2v) is 25.6. The van der Waals surface area contributed by atoms with Gasteiger partial charge in [0.1, 0.15) is 69.3 Å². The van der Waals surface area contributed by atoms with Gasteiger partial charge in [0.2, 0.25) is 23.5 Å². The Kier molecular flexibility index (Phi) is 28.6. The first-order valence-corrected chi connectivity index (χ1v) is 34.8. The molecule has 0 radical (unpaired) electrons. The van der Waals surface area contributed by atoms with E-state index in [1.54, 1.807) is 84.9 Å². The Morgan fingerprint density at radius 2 is 0.564 bits per heavy atom. The van der Waals surface area contributed by atoms with Crippen molar-refractivity contribution in [1.29, 1.82) is 21.0 Å². The average Bonchev–Trinajstić information content (AvgIpc) is 0.805. The third-order valence-corrected chi connectivity index (χ3v) is 18.5. The van der Waals surface area contributed by atoms with Crippen LogP contribution in [-0.4, -0.2) is 89.0 Å². The van der Waals surface area contributed by atoms with Crippen molar-refractivity contribution in [2.75, 3.05) is 26.4 Å². The standard InChI is InChI=1S/C40H42N8O8.C38H36N8O8/c1-25-29(23-41)35(49)47(3)37(51)33(25)45-43-31-19-13-11-17-27(31)39(53)55-21-15-9-7-5-6-8-10-16-22-56-40(54)28-18-12-14-20-32(28)44-46-34-26(2)30(24-42)36(50)48(4)38(34)52;1-21-27(17-39)33(47)45(3)35(49)31(21)43-41-29-11-7-5-9-25(29)37(51)53-19-23-13-15-24(16-14-23)20-54-38(52)26-10-6-8-12-30(26)42-44-32-22(2)28(18-40)34(48)46(4)36(32)50/h11-14,17-20,49-50H,5-10,15-16,21-22H2,1-4H3;5-12,23-24,47-48H,13-16,19-20H2,1-4H3. The van der Waals surface area contributed by atoms with Crippen LogP contribution in [0.2, 0.25) is 0 Å². The molecule has 1 fully saturated rings. The van der Waals surface area contributed by atoms with Crippen molar-refractivity contribution in [3.05, 3.63) is 205 Å². The Morgan fingerprint density at radius 1 is 0.355 bits per heavy atom. The van der Waals surface area contributed by atoms with E-state index in [1.165, 1.54) is 68.0 Å². The number of nitrogens with zero attached hydrogens (tertiary/aromatic N) is 16. The fourth-order valence-electron chi connectivity index (χ4n) is 11.7. The van der Waals surface area contributed by atoms with E-state index in [1.807, 2.05) is 24.3 Å². The van der Waals surface area contributed by atoms with Crippen LogP contribution in [0.3, 0.4) is 0 Å². The van der Waals surface area contributed by atoms with Gasteiger partial charge in [-0.25, -0.2) is 19.2 Å². The van der Waals surface area contributed by atoms with Crippen LogP contribution in [0.4, 0.5) is 45.5 Å². The number of pyridine rings is 4. The number of aromatic hydroxyl groups is 4. The lowest BCUT2D eigenvalue weighted by Crippen LogP contribution is -2.24. The quantitative estimate of drug-likeness (QED) is 0.0161. The van der Waals surface area contributed by atoms with E-state index in [-0.39, 0.29) is 151 Å². The first kappa shape index (κ1) is 81.8. The third kappa shape index (κ3) is 19.4. The summed E-state index contributed by atoms with van der Waals surface area (Å²) in [7, 11) is 5.24. The molecule has 32 heteroatoms. The number of carbonyl (C=O) groups excluding carboxylic acids is 4. The zero-order valence-electron chi connectivity index (χ0n) is 61.5. The Bertz CT molecular complexity index is 5090. The minimum absolute atomic E-state index is 0.0838. The molecule has 32 nitrogen and oxygen atoms in total. The van der Waals surface area contributed by atoms with Crippen molar-refractivity contribution in [3.63, 3.8) is 0 Å². The molecule has 0 spiro atoms. The lowest BCUT2D eigenvalue weighted by atomic mass is 9.83. The number of azo groups is 4. The van der Waals surface area contributed by atoms with E-state index in [0.29, 0.717) is 12.8 Å². The Hall–Kier alpha value is -13.9. The summed E-state index contributed by atoms with van der Waals surface area (Å²) in [5, 5.41) is 110. The maximum atomic E-state index is 13.1. The molecule has 4 aromatic heterocycles. The number of nitriles is 4. The maximum absolute atomic E-state index is 13.1. The minimum atomic E-state index is -0.655. The van der Waals surface area contributed by atoms with Gasteiger partial charge < -0.3 is 39.4 Å². The summed E-state index contributed by atoms with van der Waals surface area (Å²) in [6, 6.07) is 33.0. The van der Waals surface area contributed by atoms with E-state index in [0.717, 1.165) is 82.5 Å². The van der Waals surface area contributed by atoms with Crippen LogP contribution >= 0.6 is 0 Å².